The average molecular weight is 435 g/mol. The second-order valence-corrected chi connectivity index (χ2v) is 8.93. The van der Waals surface area contributed by atoms with Crippen LogP contribution in [0.15, 0.2) is 36.5 Å². The Kier molecular flexibility index (Phi) is 12.3. The molecule has 2 heterocycles. The SMILES string of the molecule is C/C=C\C=C\C(OC)C(C)/C=C/CCC1CCC[C@@H](CC2CC(O)CC(CC=O)O2)O1. The molecular weight excluding hydrogens is 392 g/mol. The van der Waals surface area contributed by atoms with E-state index in [0.29, 0.717) is 25.2 Å². The molecule has 0 amide bonds. The number of allylic oxidation sites excluding steroid dienone is 4. The minimum absolute atomic E-state index is 0.0141. The van der Waals surface area contributed by atoms with E-state index >= 15 is 0 Å². The highest BCUT2D eigenvalue weighted by Gasteiger charge is 2.32. The predicted molar refractivity (Wildman–Crippen MR) is 124 cm³/mol. The maximum Gasteiger partial charge on any atom is 0.122 e. The van der Waals surface area contributed by atoms with Crippen LogP contribution in [0.1, 0.15) is 71.6 Å². The van der Waals surface area contributed by atoms with E-state index in [1.165, 1.54) is 6.42 Å². The molecule has 2 fully saturated rings. The molecule has 0 radical (unpaired) electrons. The summed E-state index contributed by atoms with van der Waals surface area (Å²) in [5.74, 6) is 0.320. The smallest absolute Gasteiger partial charge is 0.122 e. The highest BCUT2D eigenvalue weighted by atomic mass is 16.5. The van der Waals surface area contributed by atoms with Gasteiger partial charge in [-0.05, 0) is 51.9 Å². The molecule has 2 aliphatic heterocycles. The summed E-state index contributed by atoms with van der Waals surface area (Å²) in [4.78, 5) is 10.8. The van der Waals surface area contributed by atoms with Gasteiger partial charge in [0.1, 0.15) is 6.29 Å². The predicted octanol–water partition coefficient (Wildman–Crippen LogP) is 4.93. The second kappa shape index (κ2) is 14.7. The van der Waals surface area contributed by atoms with Crippen LogP contribution in [0.5, 0.6) is 0 Å². The lowest BCUT2D eigenvalue weighted by Gasteiger charge is -2.37. The molecule has 5 heteroatoms. The first kappa shape index (κ1) is 26.0. The van der Waals surface area contributed by atoms with Crippen molar-refractivity contribution >= 4 is 6.29 Å². The fourth-order valence-corrected chi connectivity index (χ4v) is 4.61. The normalized spacial score (nSPS) is 32.1. The summed E-state index contributed by atoms with van der Waals surface area (Å²) < 4.78 is 18.0. The van der Waals surface area contributed by atoms with E-state index in [1.54, 1.807) is 7.11 Å². The van der Waals surface area contributed by atoms with Gasteiger partial charge in [0.15, 0.2) is 0 Å². The number of aldehydes is 1. The third-order valence-electron chi connectivity index (χ3n) is 6.27. The molecule has 2 saturated heterocycles. The lowest BCUT2D eigenvalue weighted by Crippen LogP contribution is -2.39. The van der Waals surface area contributed by atoms with E-state index in [1.807, 2.05) is 25.2 Å². The van der Waals surface area contributed by atoms with E-state index in [9.17, 15) is 9.90 Å². The number of methoxy groups -OCH3 is 1. The summed E-state index contributed by atoms with van der Waals surface area (Å²) in [6.07, 6.45) is 21.2. The largest absolute Gasteiger partial charge is 0.393 e. The van der Waals surface area contributed by atoms with Gasteiger partial charge in [0.2, 0.25) is 0 Å². The molecule has 31 heavy (non-hydrogen) atoms. The average Bonchev–Trinajstić information content (AvgIpc) is 2.74. The number of hydrogen-bond donors (Lipinski definition) is 1. The molecule has 2 rings (SSSR count). The van der Waals surface area contributed by atoms with Gasteiger partial charge in [0.25, 0.3) is 0 Å². The molecule has 176 valence electrons. The monoisotopic (exact) mass is 434 g/mol. The number of hydrogen-bond acceptors (Lipinski definition) is 5. The Bertz CT molecular complexity index is 584. The number of carbonyl (C=O) groups excluding carboxylic acids is 1. The molecule has 0 bridgehead atoms. The van der Waals surface area contributed by atoms with Crippen LogP contribution in [0.25, 0.3) is 0 Å². The summed E-state index contributed by atoms with van der Waals surface area (Å²) >= 11 is 0. The molecule has 0 aromatic heterocycles. The van der Waals surface area contributed by atoms with Crippen molar-refractivity contribution in [1.82, 2.24) is 0 Å². The van der Waals surface area contributed by atoms with Gasteiger partial charge < -0.3 is 24.1 Å². The molecule has 0 saturated carbocycles. The van der Waals surface area contributed by atoms with E-state index in [2.05, 4.69) is 25.2 Å². The van der Waals surface area contributed by atoms with Crippen molar-refractivity contribution in [2.45, 2.75) is 108 Å². The zero-order chi connectivity index (χ0) is 22.5. The van der Waals surface area contributed by atoms with Crippen molar-refractivity contribution in [2.24, 2.45) is 5.92 Å². The zero-order valence-electron chi connectivity index (χ0n) is 19.5. The van der Waals surface area contributed by atoms with Gasteiger partial charge in [0, 0.05) is 25.9 Å². The molecule has 5 nitrogen and oxygen atoms in total. The highest BCUT2D eigenvalue weighted by molar-refractivity contribution is 5.50. The quantitative estimate of drug-likeness (QED) is 0.268. The maximum absolute atomic E-state index is 10.8. The molecule has 0 aliphatic carbocycles. The third kappa shape index (κ3) is 9.82. The van der Waals surface area contributed by atoms with Crippen molar-refractivity contribution in [3.8, 4) is 0 Å². The third-order valence-corrected chi connectivity index (χ3v) is 6.27. The summed E-state index contributed by atoms with van der Waals surface area (Å²) in [5, 5.41) is 10.1. The molecule has 1 N–H and O–H groups in total. The Morgan fingerprint density at radius 3 is 2.55 bits per heavy atom. The van der Waals surface area contributed by atoms with E-state index in [0.717, 1.165) is 38.4 Å². The van der Waals surface area contributed by atoms with Gasteiger partial charge in [-0.1, -0.05) is 43.4 Å². The first-order chi connectivity index (χ1) is 15.0. The van der Waals surface area contributed by atoms with Crippen LogP contribution in [-0.4, -0.2) is 55.1 Å². The summed E-state index contributed by atoms with van der Waals surface area (Å²) in [6.45, 7) is 4.18. The topological polar surface area (TPSA) is 65.0 Å². The van der Waals surface area contributed by atoms with Crippen LogP contribution < -0.4 is 0 Å². The first-order valence-electron chi connectivity index (χ1n) is 12.0. The Labute approximate surface area is 188 Å². The van der Waals surface area contributed by atoms with Gasteiger partial charge >= 0.3 is 0 Å². The van der Waals surface area contributed by atoms with Crippen LogP contribution in [0.3, 0.4) is 0 Å². The molecule has 6 unspecified atom stereocenters. The Hall–Kier alpha value is -1.27. The minimum atomic E-state index is -0.376. The molecule has 0 aromatic rings. The molecule has 2 aliphatic rings. The second-order valence-electron chi connectivity index (χ2n) is 8.93. The lowest BCUT2D eigenvalue weighted by atomic mass is 9.92. The van der Waals surface area contributed by atoms with Crippen LogP contribution >= 0.6 is 0 Å². The Balaban J connectivity index is 1.73. The first-order valence-corrected chi connectivity index (χ1v) is 12.0. The summed E-state index contributed by atoms with van der Waals surface area (Å²) in [5.41, 5.74) is 0. The zero-order valence-corrected chi connectivity index (χ0v) is 19.5. The Morgan fingerprint density at radius 2 is 1.81 bits per heavy atom. The van der Waals surface area contributed by atoms with Gasteiger partial charge in [-0.2, -0.15) is 0 Å². The van der Waals surface area contributed by atoms with Crippen LogP contribution in [0, 0.1) is 5.92 Å². The van der Waals surface area contributed by atoms with Gasteiger partial charge in [-0.15, -0.1) is 0 Å². The maximum atomic E-state index is 10.8. The van der Waals surface area contributed by atoms with Crippen LogP contribution in [0.4, 0.5) is 0 Å². The van der Waals surface area contributed by atoms with E-state index in [-0.39, 0.29) is 36.6 Å². The van der Waals surface area contributed by atoms with Crippen molar-refractivity contribution < 1.29 is 24.1 Å². The van der Waals surface area contributed by atoms with Crippen molar-refractivity contribution in [3.05, 3.63) is 36.5 Å². The standard InChI is InChI=1S/C26H42O5/c1-4-5-6-14-26(29-3)20(2)10-7-8-11-22-12-9-13-23(30-22)19-25-18-21(28)17-24(31-25)15-16-27/h4-7,10,14,16,20-26,28H,8-9,11-13,15,17-19H2,1-3H3/b5-4-,10-7+,14-6+/t20?,21?,22?,23-,24?,25?,26?/m0/s1. The van der Waals surface area contributed by atoms with Crippen LogP contribution in [-0.2, 0) is 19.0 Å². The summed E-state index contributed by atoms with van der Waals surface area (Å²) in [7, 11) is 1.75. The number of aliphatic hydroxyl groups excluding tert-OH is 1. The van der Waals surface area contributed by atoms with Crippen molar-refractivity contribution in [3.63, 3.8) is 0 Å². The molecule has 0 spiro atoms. The molecule has 0 aromatic carbocycles. The van der Waals surface area contributed by atoms with Crippen molar-refractivity contribution in [2.75, 3.05) is 7.11 Å². The Morgan fingerprint density at radius 1 is 1.06 bits per heavy atom. The number of rotatable bonds is 12. The van der Waals surface area contributed by atoms with Crippen LogP contribution in [0.2, 0.25) is 0 Å². The van der Waals surface area contributed by atoms with E-state index in [4.69, 9.17) is 14.2 Å². The van der Waals surface area contributed by atoms with Gasteiger partial charge in [-0.3, -0.25) is 0 Å². The lowest BCUT2D eigenvalue weighted by molar-refractivity contribution is -0.135. The fraction of sp³-hybridized carbons (Fsp3) is 0.731. The number of carbonyl (C=O) groups is 1. The number of ether oxygens (including phenoxy) is 3. The fourth-order valence-electron chi connectivity index (χ4n) is 4.61. The molecular formula is C26H42O5. The van der Waals surface area contributed by atoms with Crippen molar-refractivity contribution in [1.29, 1.82) is 0 Å². The van der Waals surface area contributed by atoms with Gasteiger partial charge in [0.05, 0.1) is 36.6 Å². The van der Waals surface area contributed by atoms with Gasteiger partial charge in [-0.25, -0.2) is 0 Å². The highest BCUT2D eigenvalue weighted by Crippen LogP contribution is 2.30. The van der Waals surface area contributed by atoms with E-state index < -0.39 is 0 Å². The summed E-state index contributed by atoms with van der Waals surface area (Å²) in [6, 6.07) is 0. The molecule has 7 atom stereocenters. The minimum Gasteiger partial charge on any atom is -0.393 e. The number of aliphatic hydroxyl groups is 1.